The van der Waals surface area contributed by atoms with Gasteiger partial charge in [-0.3, -0.25) is 9.59 Å². The Kier molecular flexibility index (Phi) is 4.18. The lowest BCUT2D eigenvalue weighted by atomic mass is 9.44. The van der Waals surface area contributed by atoms with E-state index < -0.39 is 29.5 Å². The van der Waals surface area contributed by atoms with Gasteiger partial charge in [0.2, 0.25) is 0 Å². The lowest BCUT2D eigenvalue weighted by Gasteiger charge is -2.60. The van der Waals surface area contributed by atoms with Crippen molar-refractivity contribution < 1.29 is 24.9 Å². The molecule has 3 N–H and O–H groups in total. The summed E-state index contributed by atoms with van der Waals surface area (Å²) in [7, 11) is 0. The van der Waals surface area contributed by atoms with Crippen LogP contribution in [0.25, 0.3) is 0 Å². The fourth-order valence-electron chi connectivity index (χ4n) is 7.68. The van der Waals surface area contributed by atoms with Crippen LogP contribution in [-0.4, -0.2) is 45.2 Å². The van der Waals surface area contributed by atoms with Gasteiger partial charge in [0.1, 0.15) is 18.0 Å². The molecule has 0 heterocycles. The van der Waals surface area contributed by atoms with Gasteiger partial charge in [-0.2, -0.15) is 0 Å². The van der Waals surface area contributed by atoms with Crippen molar-refractivity contribution in [1.82, 2.24) is 0 Å². The van der Waals surface area contributed by atoms with Gasteiger partial charge >= 0.3 is 0 Å². The summed E-state index contributed by atoms with van der Waals surface area (Å²) in [5.74, 6) is 0.862. The predicted octanol–water partition coefficient (Wildman–Crippen LogP) is 1.86. The zero-order valence-corrected chi connectivity index (χ0v) is 15.9. The Morgan fingerprint density at radius 2 is 1.81 bits per heavy atom. The standard InChI is InChI=1S/C21H32O5/c1-19-7-5-16-14(15(19)6-8-21(19,26)18(25)11-22)4-3-12-9-13(23)10-17(24)20(12,16)2/h12-16,22-23,26H,3-11H2,1-2H3/t12-,13-,14-,15-,16-,19-,20-,21-/m0/s1. The normalized spacial score (nSPS) is 53.6. The Morgan fingerprint density at radius 1 is 1.12 bits per heavy atom. The van der Waals surface area contributed by atoms with E-state index in [9.17, 15) is 24.9 Å². The molecule has 0 aliphatic heterocycles. The van der Waals surface area contributed by atoms with Crippen LogP contribution in [0, 0.1) is 34.5 Å². The van der Waals surface area contributed by atoms with E-state index in [1.54, 1.807) is 0 Å². The van der Waals surface area contributed by atoms with Crippen molar-refractivity contribution in [2.24, 2.45) is 34.5 Å². The molecule has 4 aliphatic rings. The molecule has 4 rings (SSSR count). The molecule has 0 bridgehead atoms. The molecule has 0 saturated heterocycles. The number of Topliss-reactive ketones (excluding diaryl/α,β-unsaturated/α-hetero) is 2. The van der Waals surface area contributed by atoms with Gasteiger partial charge in [-0.25, -0.2) is 0 Å². The minimum atomic E-state index is -1.43. The molecule has 4 aliphatic carbocycles. The summed E-state index contributed by atoms with van der Waals surface area (Å²) >= 11 is 0. The first-order chi connectivity index (χ1) is 12.2. The number of hydrogen-bond acceptors (Lipinski definition) is 5. The van der Waals surface area contributed by atoms with E-state index in [0.717, 1.165) is 38.5 Å². The number of carbonyl (C=O) groups is 2. The van der Waals surface area contributed by atoms with Gasteiger partial charge in [0, 0.05) is 17.3 Å². The van der Waals surface area contributed by atoms with Crippen LogP contribution < -0.4 is 0 Å². The van der Waals surface area contributed by atoms with Crippen molar-refractivity contribution in [3.8, 4) is 0 Å². The highest BCUT2D eigenvalue weighted by Crippen LogP contribution is 2.67. The number of ketones is 2. The lowest BCUT2D eigenvalue weighted by Crippen LogP contribution is -2.61. The zero-order chi connectivity index (χ0) is 18.9. The van der Waals surface area contributed by atoms with Crippen LogP contribution in [0.5, 0.6) is 0 Å². The second kappa shape index (κ2) is 5.86. The first-order valence-electron chi connectivity index (χ1n) is 10.3. The van der Waals surface area contributed by atoms with Crippen molar-refractivity contribution >= 4 is 11.6 Å². The monoisotopic (exact) mass is 364 g/mol. The van der Waals surface area contributed by atoms with E-state index in [1.807, 2.05) is 6.92 Å². The van der Waals surface area contributed by atoms with Gasteiger partial charge in [0.05, 0.1) is 6.10 Å². The van der Waals surface area contributed by atoms with Gasteiger partial charge in [0.25, 0.3) is 0 Å². The van der Waals surface area contributed by atoms with E-state index in [1.165, 1.54) is 0 Å². The van der Waals surface area contributed by atoms with Gasteiger partial charge in [-0.1, -0.05) is 13.8 Å². The quantitative estimate of drug-likeness (QED) is 0.695. The van der Waals surface area contributed by atoms with Gasteiger partial charge in [-0.15, -0.1) is 0 Å². The SMILES string of the molecule is C[C@]12C(=O)C[C@@H](O)C[C@@H]1CC[C@@H]1[C@@H]2CC[C@@]2(C)[C@H]1CC[C@]2(O)C(=O)CO. The van der Waals surface area contributed by atoms with Crippen molar-refractivity contribution in [3.63, 3.8) is 0 Å². The lowest BCUT2D eigenvalue weighted by molar-refractivity contribution is -0.178. The maximum absolute atomic E-state index is 13.0. The van der Waals surface area contributed by atoms with E-state index >= 15 is 0 Å². The molecule has 146 valence electrons. The molecular weight excluding hydrogens is 332 g/mol. The first kappa shape index (κ1) is 18.6. The average Bonchev–Trinajstić information content (AvgIpc) is 2.88. The Morgan fingerprint density at radius 3 is 2.50 bits per heavy atom. The van der Waals surface area contributed by atoms with Crippen molar-refractivity contribution in [1.29, 1.82) is 0 Å². The number of aliphatic hydroxyl groups excluding tert-OH is 2. The van der Waals surface area contributed by atoms with Crippen LogP contribution in [-0.2, 0) is 9.59 Å². The number of carbonyl (C=O) groups excluding carboxylic acids is 2. The fourth-order valence-corrected chi connectivity index (χ4v) is 7.68. The molecule has 0 aromatic rings. The van der Waals surface area contributed by atoms with Crippen LogP contribution in [0.4, 0.5) is 0 Å². The van der Waals surface area contributed by atoms with Gasteiger partial charge in [0.15, 0.2) is 5.78 Å². The second-order valence-corrected chi connectivity index (χ2v) is 9.89. The van der Waals surface area contributed by atoms with Crippen LogP contribution in [0.15, 0.2) is 0 Å². The molecule has 0 unspecified atom stereocenters. The smallest absolute Gasteiger partial charge is 0.190 e. The molecule has 5 nitrogen and oxygen atoms in total. The maximum atomic E-state index is 13.0. The minimum absolute atomic E-state index is 0.208. The highest BCUT2D eigenvalue weighted by atomic mass is 16.3. The predicted molar refractivity (Wildman–Crippen MR) is 95.2 cm³/mol. The summed E-state index contributed by atoms with van der Waals surface area (Å²) in [5.41, 5.74) is -2.30. The summed E-state index contributed by atoms with van der Waals surface area (Å²) < 4.78 is 0. The van der Waals surface area contributed by atoms with Crippen molar-refractivity contribution in [2.45, 2.75) is 76.9 Å². The molecule has 5 heteroatoms. The Balaban J connectivity index is 1.67. The largest absolute Gasteiger partial charge is 0.393 e. The van der Waals surface area contributed by atoms with Crippen molar-refractivity contribution in [3.05, 3.63) is 0 Å². The summed E-state index contributed by atoms with van der Waals surface area (Å²) in [6, 6.07) is 0. The van der Waals surface area contributed by atoms with E-state index in [2.05, 4.69) is 6.92 Å². The van der Waals surface area contributed by atoms with Crippen LogP contribution in [0.3, 0.4) is 0 Å². The fraction of sp³-hybridized carbons (Fsp3) is 0.905. The summed E-state index contributed by atoms with van der Waals surface area (Å²) in [4.78, 5) is 25.3. The summed E-state index contributed by atoms with van der Waals surface area (Å²) in [6.45, 7) is 3.53. The Hall–Kier alpha value is -0.780. The number of hydrogen-bond donors (Lipinski definition) is 3. The van der Waals surface area contributed by atoms with Crippen LogP contribution >= 0.6 is 0 Å². The topological polar surface area (TPSA) is 94.8 Å². The molecule has 0 radical (unpaired) electrons. The summed E-state index contributed by atoms with van der Waals surface area (Å²) in [5, 5.41) is 30.6. The van der Waals surface area contributed by atoms with E-state index in [-0.39, 0.29) is 35.4 Å². The molecule has 0 aromatic heterocycles. The van der Waals surface area contributed by atoms with Crippen LogP contribution in [0.2, 0.25) is 0 Å². The summed E-state index contributed by atoms with van der Waals surface area (Å²) in [6.07, 6.45) is 5.22. The third kappa shape index (κ3) is 2.14. The van der Waals surface area contributed by atoms with E-state index in [0.29, 0.717) is 12.3 Å². The minimum Gasteiger partial charge on any atom is -0.393 e. The Labute approximate surface area is 155 Å². The number of rotatable bonds is 2. The number of fused-ring (bicyclic) bond motifs is 5. The molecule has 0 spiro atoms. The number of aliphatic hydroxyl groups is 3. The average molecular weight is 364 g/mol. The highest BCUT2D eigenvalue weighted by molar-refractivity contribution is 5.89. The molecule has 0 aromatic carbocycles. The molecular formula is C21H32O5. The third-order valence-electron chi connectivity index (χ3n) is 9.24. The first-order valence-corrected chi connectivity index (χ1v) is 10.3. The van der Waals surface area contributed by atoms with E-state index in [4.69, 9.17) is 0 Å². The third-order valence-corrected chi connectivity index (χ3v) is 9.24. The zero-order valence-electron chi connectivity index (χ0n) is 15.9. The van der Waals surface area contributed by atoms with Crippen LogP contribution in [0.1, 0.15) is 65.2 Å². The Bertz CT molecular complexity index is 632. The maximum Gasteiger partial charge on any atom is 0.190 e. The molecule has 4 saturated carbocycles. The second-order valence-electron chi connectivity index (χ2n) is 9.89. The van der Waals surface area contributed by atoms with Gasteiger partial charge < -0.3 is 15.3 Å². The van der Waals surface area contributed by atoms with Crippen molar-refractivity contribution in [2.75, 3.05) is 6.61 Å². The van der Waals surface area contributed by atoms with Gasteiger partial charge in [-0.05, 0) is 68.6 Å². The molecule has 0 amide bonds. The molecule has 26 heavy (non-hydrogen) atoms. The highest BCUT2D eigenvalue weighted by Gasteiger charge is 2.67. The molecule has 8 atom stereocenters. The molecule has 4 fully saturated rings.